The van der Waals surface area contributed by atoms with E-state index in [2.05, 4.69) is 19.8 Å². The molecule has 23 heavy (non-hydrogen) atoms. The second-order valence-electron chi connectivity index (χ2n) is 5.45. The number of nitrogens with zero attached hydrogens (tertiary/aromatic N) is 1. The second kappa shape index (κ2) is 8.96. The Kier molecular flexibility index (Phi) is 8.38. The van der Waals surface area contributed by atoms with Crippen molar-refractivity contribution in [2.24, 2.45) is 4.99 Å². The van der Waals surface area contributed by atoms with Gasteiger partial charge < -0.3 is 14.8 Å². The lowest BCUT2D eigenvalue weighted by molar-refractivity contribution is -0.142. The summed E-state index contributed by atoms with van der Waals surface area (Å²) in [7, 11) is -2.32. The molecule has 9 nitrogen and oxygen atoms in total. The van der Waals surface area contributed by atoms with Crippen molar-refractivity contribution >= 4 is 39.0 Å². The van der Waals surface area contributed by atoms with Crippen molar-refractivity contribution in [3.8, 4) is 0 Å². The van der Waals surface area contributed by atoms with Gasteiger partial charge in [0.2, 0.25) is 10.0 Å². The van der Waals surface area contributed by atoms with Gasteiger partial charge in [-0.05, 0) is 27.0 Å². The number of ether oxygens (including phenoxy) is 2. The van der Waals surface area contributed by atoms with Crippen LogP contribution in [0.3, 0.4) is 0 Å². The summed E-state index contributed by atoms with van der Waals surface area (Å²) >= 11 is 1.05. The molecule has 0 aromatic carbocycles. The van der Waals surface area contributed by atoms with E-state index in [0.717, 1.165) is 18.0 Å². The first-order chi connectivity index (χ1) is 10.4. The van der Waals surface area contributed by atoms with Crippen LogP contribution in [0.4, 0.5) is 4.79 Å². The van der Waals surface area contributed by atoms with Gasteiger partial charge in [-0.25, -0.2) is 18.0 Å². The number of thioether (sulfide) groups is 1. The number of sulfonamides is 1. The summed E-state index contributed by atoms with van der Waals surface area (Å²) in [5.41, 5.74) is -0.726. The molecule has 1 amide bonds. The van der Waals surface area contributed by atoms with E-state index in [9.17, 15) is 18.0 Å². The van der Waals surface area contributed by atoms with Gasteiger partial charge in [-0.3, -0.25) is 9.71 Å². The van der Waals surface area contributed by atoms with Gasteiger partial charge in [0, 0.05) is 0 Å². The molecule has 0 rings (SSSR count). The van der Waals surface area contributed by atoms with E-state index in [0.29, 0.717) is 0 Å². The molecule has 0 aromatic rings. The number of carbonyl (C=O) groups excluding carboxylic acids is 2. The average Bonchev–Trinajstić information content (AvgIpc) is 2.37. The van der Waals surface area contributed by atoms with Crippen LogP contribution in [-0.2, 0) is 24.3 Å². The number of esters is 1. The number of amidine groups is 1. The maximum absolute atomic E-state index is 11.7. The lowest BCUT2D eigenvalue weighted by Crippen LogP contribution is -2.46. The molecule has 1 atom stereocenters. The third kappa shape index (κ3) is 10.8. The Labute approximate surface area is 140 Å². The van der Waals surface area contributed by atoms with Crippen molar-refractivity contribution in [1.29, 1.82) is 0 Å². The molecule has 0 unspecified atom stereocenters. The molecule has 0 saturated carbocycles. The number of aliphatic imine (C=N–C) groups is 1. The zero-order valence-corrected chi connectivity index (χ0v) is 15.6. The molecule has 0 spiro atoms. The molecule has 0 radical (unpaired) electrons. The van der Waals surface area contributed by atoms with Crippen LogP contribution in [0.1, 0.15) is 20.8 Å². The van der Waals surface area contributed by atoms with Crippen LogP contribution in [0.25, 0.3) is 0 Å². The summed E-state index contributed by atoms with van der Waals surface area (Å²) in [6, 6.07) is -1.10. The van der Waals surface area contributed by atoms with Gasteiger partial charge in [0.05, 0.1) is 19.9 Å². The summed E-state index contributed by atoms with van der Waals surface area (Å²) in [6.07, 6.45) is 1.80. The van der Waals surface area contributed by atoms with Gasteiger partial charge >= 0.3 is 12.1 Å². The van der Waals surface area contributed by atoms with Crippen molar-refractivity contribution < 1.29 is 27.5 Å². The predicted octanol–water partition coefficient (Wildman–Crippen LogP) is 0.321. The number of rotatable bonds is 5. The van der Waals surface area contributed by atoms with E-state index < -0.39 is 33.7 Å². The van der Waals surface area contributed by atoms with Gasteiger partial charge in [-0.15, -0.1) is 0 Å². The summed E-state index contributed by atoms with van der Waals surface area (Å²) in [6.45, 7) is 4.84. The van der Waals surface area contributed by atoms with Crippen molar-refractivity contribution in [2.75, 3.05) is 26.2 Å². The number of nitrogens with one attached hydrogen (secondary N) is 2. The van der Waals surface area contributed by atoms with Crippen LogP contribution < -0.4 is 10.0 Å². The van der Waals surface area contributed by atoms with E-state index in [4.69, 9.17) is 4.74 Å². The molecule has 11 heteroatoms. The van der Waals surface area contributed by atoms with Crippen LogP contribution in [0.5, 0.6) is 0 Å². The van der Waals surface area contributed by atoms with Gasteiger partial charge in [0.15, 0.2) is 5.17 Å². The molecule has 0 aliphatic heterocycles. The third-order valence-electron chi connectivity index (χ3n) is 2.06. The minimum absolute atomic E-state index is 0.0902. The first kappa shape index (κ1) is 21.5. The number of alkyl carbamates (subject to hydrolysis) is 1. The SMILES string of the molecule is COC(=O)[C@H](CN=C(NS(C)(=O)=O)SC)NC(=O)OC(C)(C)C. The van der Waals surface area contributed by atoms with E-state index in [-0.39, 0.29) is 11.7 Å². The van der Waals surface area contributed by atoms with Crippen molar-refractivity contribution in [3.63, 3.8) is 0 Å². The Balaban J connectivity index is 4.99. The van der Waals surface area contributed by atoms with Gasteiger partial charge in [0.25, 0.3) is 0 Å². The second-order valence-corrected chi connectivity index (χ2v) is 7.99. The van der Waals surface area contributed by atoms with Gasteiger partial charge in [0.1, 0.15) is 11.6 Å². The van der Waals surface area contributed by atoms with E-state index in [1.54, 1.807) is 27.0 Å². The van der Waals surface area contributed by atoms with Crippen molar-refractivity contribution in [1.82, 2.24) is 10.0 Å². The zero-order chi connectivity index (χ0) is 18.3. The maximum Gasteiger partial charge on any atom is 0.408 e. The Morgan fingerprint density at radius 1 is 1.30 bits per heavy atom. The fraction of sp³-hybridized carbons (Fsp3) is 0.750. The lowest BCUT2D eigenvalue weighted by Gasteiger charge is -2.22. The Morgan fingerprint density at radius 2 is 1.87 bits per heavy atom. The van der Waals surface area contributed by atoms with Crippen molar-refractivity contribution in [2.45, 2.75) is 32.4 Å². The highest BCUT2D eigenvalue weighted by Crippen LogP contribution is 2.07. The molecular weight excluding hydrogens is 346 g/mol. The predicted molar refractivity (Wildman–Crippen MR) is 89.0 cm³/mol. The molecular formula is C12H23N3O6S2. The fourth-order valence-electron chi connectivity index (χ4n) is 1.24. The lowest BCUT2D eigenvalue weighted by atomic mass is 10.2. The highest BCUT2D eigenvalue weighted by Gasteiger charge is 2.25. The number of amides is 1. The Bertz CT molecular complexity index is 554. The first-order valence-electron chi connectivity index (χ1n) is 6.51. The average molecular weight is 369 g/mol. The number of hydrogen-bond donors (Lipinski definition) is 2. The fourth-order valence-corrected chi connectivity index (χ4v) is 2.62. The van der Waals surface area contributed by atoms with Crippen LogP contribution >= 0.6 is 11.8 Å². The normalized spacial score (nSPS) is 13.9. The van der Waals surface area contributed by atoms with E-state index in [1.165, 1.54) is 7.11 Å². The minimum Gasteiger partial charge on any atom is -0.467 e. The van der Waals surface area contributed by atoms with Gasteiger partial charge in [-0.1, -0.05) is 11.8 Å². The molecule has 2 N–H and O–H groups in total. The van der Waals surface area contributed by atoms with Crippen LogP contribution in [0, 0.1) is 0 Å². The molecule has 0 aromatic heterocycles. The van der Waals surface area contributed by atoms with Crippen LogP contribution in [0.15, 0.2) is 4.99 Å². The highest BCUT2D eigenvalue weighted by atomic mass is 32.2. The quantitative estimate of drug-likeness (QED) is 0.406. The summed E-state index contributed by atoms with van der Waals surface area (Å²) < 4.78 is 34.2. The van der Waals surface area contributed by atoms with Crippen LogP contribution in [0.2, 0.25) is 0 Å². The summed E-state index contributed by atoms with van der Waals surface area (Å²) in [5, 5.41) is 2.43. The number of methoxy groups -OCH3 is 1. The molecule has 0 aliphatic carbocycles. The molecule has 0 bridgehead atoms. The van der Waals surface area contributed by atoms with Gasteiger partial charge in [-0.2, -0.15) is 0 Å². The number of hydrogen-bond acceptors (Lipinski definition) is 8. The standard InChI is InChI=1S/C12H23N3O6S2/c1-12(2,3)21-11(17)14-8(9(16)20-4)7-13-10(22-5)15-23(6,18)19/h8H,7H2,1-6H3,(H,13,15)(H,14,17)/t8-/m0/s1. The topological polar surface area (TPSA) is 123 Å². The molecule has 0 heterocycles. The number of carbonyl (C=O) groups is 2. The smallest absolute Gasteiger partial charge is 0.408 e. The monoisotopic (exact) mass is 369 g/mol. The summed E-state index contributed by atoms with van der Waals surface area (Å²) in [4.78, 5) is 27.4. The largest absolute Gasteiger partial charge is 0.467 e. The molecule has 134 valence electrons. The minimum atomic E-state index is -3.49. The van der Waals surface area contributed by atoms with E-state index >= 15 is 0 Å². The maximum atomic E-state index is 11.7. The molecule has 0 saturated heterocycles. The summed E-state index contributed by atoms with van der Waals surface area (Å²) in [5.74, 6) is -0.723. The third-order valence-corrected chi connectivity index (χ3v) is 3.37. The highest BCUT2D eigenvalue weighted by molar-refractivity contribution is 8.14. The molecule has 0 fully saturated rings. The van der Waals surface area contributed by atoms with E-state index in [1.807, 2.05) is 0 Å². The van der Waals surface area contributed by atoms with Crippen molar-refractivity contribution in [3.05, 3.63) is 0 Å². The molecule has 0 aliphatic rings. The Hall–Kier alpha value is -1.49. The first-order valence-corrected chi connectivity index (χ1v) is 9.63. The zero-order valence-electron chi connectivity index (χ0n) is 14.0. The van der Waals surface area contributed by atoms with Crippen LogP contribution in [-0.4, -0.2) is 63.5 Å². The Morgan fingerprint density at radius 3 is 2.26 bits per heavy atom.